The first kappa shape index (κ1) is 17.8. The van der Waals surface area contributed by atoms with E-state index in [4.69, 9.17) is 0 Å². The van der Waals surface area contributed by atoms with Crippen LogP contribution in [-0.4, -0.2) is 27.1 Å². The number of carbonyl (C=O) groups excluding carboxylic acids is 1. The number of hydrogen-bond acceptors (Lipinski definition) is 6. The van der Waals surface area contributed by atoms with Crippen LogP contribution in [0.3, 0.4) is 0 Å². The van der Waals surface area contributed by atoms with Crippen LogP contribution in [0.15, 0.2) is 32.9 Å². The van der Waals surface area contributed by atoms with Crippen LogP contribution in [0.1, 0.15) is 43.9 Å². The van der Waals surface area contributed by atoms with E-state index < -0.39 is 0 Å². The van der Waals surface area contributed by atoms with Gasteiger partial charge in [0, 0.05) is 0 Å². The number of aromatic nitrogens is 2. The molecular formula is C17H21N3OS3. The van der Waals surface area contributed by atoms with Gasteiger partial charge in [0.15, 0.2) is 8.68 Å². The average Bonchev–Trinajstić information content (AvgIpc) is 3.02. The fraction of sp³-hybridized carbons (Fsp3) is 0.471. The summed E-state index contributed by atoms with van der Waals surface area (Å²) in [7, 11) is 0. The third kappa shape index (κ3) is 4.32. The Hall–Kier alpha value is -1.05. The van der Waals surface area contributed by atoms with Crippen molar-refractivity contribution in [3.05, 3.63) is 35.4 Å². The minimum absolute atomic E-state index is 0.0709. The molecule has 1 aliphatic rings. The highest BCUT2D eigenvalue weighted by molar-refractivity contribution is 8.03. The molecule has 7 heteroatoms. The molecule has 0 saturated carbocycles. The Labute approximate surface area is 155 Å². The summed E-state index contributed by atoms with van der Waals surface area (Å²) in [6.45, 7) is 4.03. The van der Waals surface area contributed by atoms with Gasteiger partial charge < -0.3 is 5.32 Å². The number of nitrogens with one attached hydrogen (secondary N) is 1. The van der Waals surface area contributed by atoms with Gasteiger partial charge in [0.05, 0.1) is 11.3 Å². The van der Waals surface area contributed by atoms with E-state index >= 15 is 0 Å². The number of rotatable bonds is 6. The van der Waals surface area contributed by atoms with E-state index in [-0.39, 0.29) is 17.2 Å². The van der Waals surface area contributed by atoms with Crippen molar-refractivity contribution in [2.24, 2.45) is 0 Å². The molecule has 1 aliphatic carbocycles. The lowest BCUT2D eigenvalue weighted by molar-refractivity contribution is -0.121. The zero-order valence-electron chi connectivity index (χ0n) is 13.8. The van der Waals surface area contributed by atoms with E-state index in [1.165, 1.54) is 22.9 Å². The Balaban J connectivity index is 1.60. The van der Waals surface area contributed by atoms with Crippen LogP contribution in [0.25, 0.3) is 0 Å². The van der Waals surface area contributed by atoms with E-state index in [0.717, 1.165) is 33.7 Å². The summed E-state index contributed by atoms with van der Waals surface area (Å²) in [5.41, 5.74) is 2.63. The number of amides is 1. The second kappa shape index (κ2) is 8.36. The van der Waals surface area contributed by atoms with Crippen molar-refractivity contribution in [2.45, 2.75) is 53.1 Å². The van der Waals surface area contributed by atoms with Crippen molar-refractivity contribution in [1.29, 1.82) is 0 Å². The van der Waals surface area contributed by atoms with Gasteiger partial charge in [-0.3, -0.25) is 4.79 Å². The van der Waals surface area contributed by atoms with Gasteiger partial charge in [-0.15, -0.1) is 10.2 Å². The molecule has 2 atom stereocenters. The molecule has 0 aliphatic heterocycles. The molecule has 1 amide bonds. The normalized spacial score (nSPS) is 18.0. The lowest BCUT2D eigenvalue weighted by Gasteiger charge is -2.27. The lowest BCUT2D eigenvalue weighted by atomic mass is 9.88. The summed E-state index contributed by atoms with van der Waals surface area (Å²) in [4.78, 5) is 12.6. The van der Waals surface area contributed by atoms with Crippen LogP contribution >= 0.6 is 34.9 Å². The first-order valence-electron chi connectivity index (χ1n) is 8.18. The van der Waals surface area contributed by atoms with Gasteiger partial charge in [0.2, 0.25) is 5.91 Å². The number of aryl methyl sites for hydroxylation is 1. The van der Waals surface area contributed by atoms with Gasteiger partial charge in [-0.1, -0.05) is 66.0 Å². The highest BCUT2D eigenvalue weighted by atomic mass is 32.2. The molecule has 1 heterocycles. The molecule has 0 radical (unpaired) electrons. The summed E-state index contributed by atoms with van der Waals surface area (Å²) >= 11 is 4.73. The van der Waals surface area contributed by atoms with Crippen molar-refractivity contribution in [2.75, 3.05) is 5.75 Å². The first-order chi connectivity index (χ1) is 11.7. The number of benzene rings is 1. The zero-order chi connectivity index (χ0) is 16.9. The number of fused-ring (bicyclic) bond motifs is 1. The highest BCUT2D eigenvalue weighted by Crippen LogP contribution is 2.33. The molecular weight excluding hydrogens is 358 g/mol. The SMILES string of the molecule is CCSc1nnc(S[C@H](C)C(=O)N[C@@H]2CCCc3ccccc32)s1. The Morgan fingerprint density at radius 1 is 1.38 bits per heavy atom. The molecule has 0 spiro atoms. The van der Waals surface area contributed by atoms with Crippen LogP contribution in [0.4, 0.5) is 0 Å². The molecule has 0 bridgehead atoms. The second-order valence-corrected chi connectivity index (χ2v) is 9.76. The minimum atomic E-state index is -0.175. The standard InChI is InChI=1S/C17H21N3OS3/c1-3-22-16-19-20-17(24-16)23-11(2)15(21)18-14-10-6-8-12-7-4-5-9-13(12)14/h4-5,7,9,11,14H,3,6,8,10H2,1-2H3,(H,18,21)/t11-,14-/m1/s1. The maximum atomic E-state index is 12.6. The van der Waals surface area contributed by atoms with E-state index in [9.17, 15) is 4.79 Å². The van der Waals surface area contributed by atoms with Crippen LogP contribution in [0, 0.1) is 0 Å². The number of nitrogens with zero attached hydrogens (tertiary/aromatic N) is 2. The van der Waals surface area contributed by atoms with E-state index in [1.54, 1.807) is 23.1 Å². The summed E-state index contributed by atoms with van der Waals surface area (Å²) in [6, 6.07) is 8.56. The fourth-order valence-electron chi connectivity index (χ4n) is 2.82. The van der Waals surface area contributed by atoms with Crippen molar-refractivity contribution in [1.82, 2.24) is 15.5 Å². The maximum absolute atomic E-state index is 12.6. The number of hydrogen-bond donors (Lipinski definition) is 1. The third-order valence-corrected chi connectivity index (χ3v) is 7.11. The molecule has 0 unspecified atom stereocenters. The average molecular weight is 380 g/mol. The van der Waals surface area contributed by atoms with Gasteiger partial charge in [0.1, 0.15) is 0 Å². The molecule has 2 aromatic rings. The second-order valence-electron chi connectivity index (χ2n) is 5.68. The van der Waals surface area contributed by atoms with Crippen LogP contribution in [0.2, 0.25) is 0 Å². The van der Waals surface area contributed by atoms with Crippen molar-refractivity contribution >= 4 is 40.8 Å². The molecule has 0 saturated heterocycles. The van der Waals surface area contributed by atoms with E-state index in [2.05, 4.69) is 46.7 Å². The van der Waals surface area contributed by atoms with Crippen LogP contribution in [-0.2, 0) is 11.2 Å². The predicted octanol–water partition coefficient (Wildman–Crippen LogP) is 4.32. The minimum Gasteiger partial charge on any atom is -0.348 e. The smallest absolute Gasteiger partial charge is 0.233 e. The van der Waals surface area contributed by atoms with E-state index in [0.29, 0.717) is 0 Å². The first-order valence-corrected chi connectivity index (χ1v) is 10.9. The molecule has 3 rings (SSSR count). The van der Waals surface area contributed by atoms with Gasteiger partial charge >= 0.3 is 0 Å². The molecule has 24 heavy (non-hydrogen) atoms. The zero-order valence-corrected chi connectivity index (χ0v) is 16.3. The van der Waals surface area contributed by atoms with Crippen molar-refractivity contribution in [3.63, 3.8) is 0 Å². The Morgan fingerprint density at radius 3 is 3.00 bits per heavy atom. The fourth-order valence-corrected chi connectivity index (χ4v) is 5.89. The Bertz CT molecular complexity index is 704. The maximum Gasteiger partial charge on any atom is 0.233 e. The summed E-state index contributed by atoms with van der Waals surface area (Å²) < 4.78 is 1.83. The van der Waals surface area contributed by atoms with E-state index in [1.807, 2.05) is 6.92 Å². The quantitative estimate of drug-likeness (QED) is 0.757. The molecule has 1 N–H and O–H groups in total. The topological polar surface area (TPSA) is 54.9 Å². The highest BCUT2D eigenvalue weighted by Gasteiger charge is 2.24. The monoisotopic (exact) mass is 379 g/mol. The summed E-state index contributed by atoms with van der Waals surface area (Å²) in [6.07, 6.45) is 3.24. The summed E-state index contributed by atoms with van der Waals surface area (Å²) in [5.74, 6) is 1.05. The third-order valence-electron chi connectivity index (χ3n) is 3.99. The molecule has 0 fully saturated rings. The largest absolute Gasteiger partial charge is 0.348 e. The van der Waals surface area contributed by atoms with Gasteiger partial charge in [-0.2, -0.15) is 0 Å². The van der Waals surface area contributed by atoms with Gasteiger partial charge in [-0.25, -0.2) is 0 Å². The van der Waals surface area contributed by atoms with Crippen molar-refractivity contribution in [3.8, 4) is 0 Å². The Morgan fingerprint density at radius 2 is 2.17 bits per heavy atom. The van der Waals surface area contributed by atoms with Crippen molar-refractivity contribution < 1.29 is 4.79 Å². The molecule has 4 nitrogen and oxygen atoms in total. The predicted molar refractivity (Wildman–Crippen MR) is 102 cm³/mol. The van der Waals surface area contributed by atoms with Crippen LogP contribution in [0.5, 0.6) is 0 Å². The number of thioether (sulfide) groups is 2. The summed E-state index contributed by atoms with van der Waals surface area (Å²) in [5, 5.41) is 11.4. The molecule has 1 aromatic heterocycles. The van der Waals surface area contributed by atoms with Gasteiger partial charge in [0.25, 0.3) is 0 Å². The molecule has 1 aromatic carbocycles. The molecule has 128 valence electrons. The van der Waals surface area contributed by atoms with Gasteiger partial charge in [-0.05, 0) is 43.1 Å². The lowest BCUT2D eigenvalue weighted by Crippen LogP contribution is -2.35. The van der Waals surface area contributed by atoms with Crippen LogP contribution < -0.4 is 5.32 Å². The number of carbonyl (C=O) groups is 1. The Kier molecular flexibility index (Phi) is 6.19.